The summed E-state index contributed by atoms with van der Waals surface area (Å²) in [4.78, 5) is 14.8. The van der Waals surface area contributed by atoms with Gasteiger partial charge < -0.3 is 9.15 Å². The molecule has 3 aromatic carbocycles. The van der Waals surface area contributed by atoms with E-state index in [9.17, 15) is 9.18 Å². The van der Waals surface area contributed by atoms with Crippen LogP contribution in [0.5, 0.6) is 5.75 Å². The van der Waals surface area contributed by atoms with Crippen molar-refractivity contribution in [1.82, 2.24) is 4.90 Å². The topological polar surface area (TPSA) is 42.7 Å². The van der Waals surface area contributed by atoms with Crippen molar-refractivity contribution in [3.05, 3.63) is 100 Å². The lowest BCUT2D eigenvalue weighted by atomic mass is 10.0. The second-order valence-corrected chi connectivity index (χ2v) is 7.16. The zero-order chi connectivity index (χ0) is 19.8. The van der Waals surface area contributed by atoms with Crippen LogP contribution >= 0.6 is 0 Å². The van der Waals surface area contributed by atoms with Crippen LogP contribution in [0.3, 0.4) is 0 Å². The quantitative estimate of drug-likeness (QED) is 0.467. The van der Waals surface area contributed by atoms with Gasteiger partial charge in [-0.05, 0) is 41.5 Å². The van der Waals surface area contributed by atoms with Gasteiger partial charge in [-0.2, -0.15) is 0 Å². The molecule has 144 valence electrons. The number of rotatable bonds is 3. The van der Waals surface area contributed by atoms with Crippen molar-refractivity contribution < 1.29 is 13.5 Å². The van der Waals surface area contributed by atoms with Gasteiger partial charge in [-0.15, -0.1) is 0 Å². The van der Waals surface area contributed by atoms with Crippen LogP contribution in [0.4, 0.5) is 4.39 Å². The van der Waals surface area contributed by atoms with Gasteiger partial charge in [-0.1, -0.05) is 42.5 Å². The predicted octanol–water partition coefficient (Wildman–Crippen LogP) is 4.95. The molecule has 0 amide bonds. The number of benzene rings is 3. The van der Waals surface area contributed by atoms with E-state index in [2.05, 4.69) is 4.90 Å². The molecule has 2 heterocycles. The van der Waals surface area contributed by atoms with Gasteiger partial charge in [-0.25, -0.2) is 9.18 Å². The molecule has 29 heavy (non-hydrogen) atoms. The minimum atomic E-state index is -0.368. The number of fused-ring (bicyclic) bond motifs is 3. The Labute approximate surface area is 166 Å². The van der Waals surface area contributed by atoms with Gasteiger partial charge in [0.05, 0.1) is 11.1 Å². The summed E-state index contributed by atoms with van der Waals surface area (Å²) in [7, 11) is 0. The van der Waals surface area contributed by atoms with Crippen LogP contribution in [0.25, 0.3) is 22.1 Å². The standard InChI is InChI=1S/C24H18FNO3/c25-19-9-6-16(7-10-19)13-26-14-21-22(28-15-26)11-8-18-12-20(24(27)29-23(18)21)17-4-2-1-3-5-17/h1-12H,13-15H2. The third-order valence-corrected chi connectivity index (χ3v) is 5.15. The lowest BCUT2D eigenvalue weighted by Crippen LogP contribution is -2.31. The number of hydrogen-bond donors (Lipinski definition) is 0. The third-order valence-electron chi connectivity index (χ3n) is 5.15. The normalized spacial score (nSPS) is 13.8. The Bertz CT molecular complexity index is 1230. The van der Waals surface area contributed by atoms with E-state index in [1.807, 2.05) is 48.5 Å². The van der Waals surface area contributed by atoms with E-state index in [0.717, 1.165) is 27.8 Å². The first-order valence-corrected chi connectivity index (χ1v) is 9.42. The largest absolute Gasteiger partial charge is 0.478 e. The Hall–Kier alpha value is -3.44. The fourth-order valence-electron chi connectivity index (χ4n) is 3.71. The average molecular weight is 387 g/mol. The summed E-state index contributed by atoms with van der Waals surface area (Å²) >= 11 is 0. The summed E-state index contributed by atoms with van der Waals surface area (Å²) < 4.78 is 24.8. The van der Waals surface area contributed by atoms with E-state index in [-0.39, 0.29) is 11.4 Å². The molecule has 0 atom stereocenters. The summed E-state index contributed by atoms with van der Waals surface area (Å²) in [5, 5.41) is 0.856. The van der Waals surface area contributed by atoms with E-state index in [1.165, 1.54) is 12.1 Å². The zero-order valence-electron chi connectivity index (χ0n) is 15.6. The van der Waals surface area contributed by atoms with Crippen LogP contribution in [0.2, 0.25) is 0 Å². The summed E-state index contributed by atoms with van der Waals surface area (Å²) in [6.45, 7) is 1.61. The second kappa shape index (κ2) is 7.18. The van der Waals surface area contributed by atoms with Gasteiger partial charge in [0.2, 0.25) is 0 Å². The molecule has 0 radical (unpaired) electrons. The second-order valence-electron chi connectivity index (χ2n) is 7.16. The maximum Gasteiger partial charge on any atom is 0.344 e. The summed E-state index contributed by atoms with van der Waals surface area (Å²) in [6.07, 6.45) is 0. The van der Waals surface area contributed by atoms with E-state index in [0.29, 0.717) is 31.0 Å². The molecule has 4 nitrogen and oxygen atoms in total. The van der Waals surface area contributed by atoms with Crippen LogP contribution < -0.4 is 10.4 Å². The molecule has 5 rings (SSSR count). The Kier molecular flexibility index (Phi) is 4.37. The summed E-state index contributed by atoms with van der Waals surface area (Å²) in [5.74, 6) is 0.472. The lowest BCUT2D eigenvalue weighted by molar-refractivity contribution is 0.0889. The number of halogens is 1. The van der Waals surface area contributed by atoms with E-state index in [4.69, 9.17) is 9.15 Å². The minimum Gasteiger partial charge on any atom is -0.478 e. The van der Waals surface area contributed by atoms with Crippen LogP contribution in [0, 0.1) is 5.82 Å². The number of nitrogens with zero attached hydrogens (tertiary/aromatic N) is 1. The van der Waals surface area contributed by atoms with E-state index >= 15 is 0 Å². The van der Waals surface area contributed by atoms with Crippen molar-refractivity contribution >= 4 is 11.0 Å². The first-order valence-electron chi connectivity index (χ1n) is 9.42. The molecule has 0 unspecified atom stereocenters. The molecule has 1 aliphatic heterocycles. The van der Waals surface area contributed by atoms with Crippen molar-refractivity contribution in [1.29, 1.82) is 0 Å². The molecule has 0 saturated heterocycles. The van der Waals surface area contributed by atoms with Crippen molar-refractivity contribution in [2.24, 2.45) is 0 Å². The molecule has 0 N–H and O–H groups in total. The molecule has 0 saturated carbocycles. The molecular formula is C24H18FNO3. The number of hydrogen-bond acceptors (Lipinski definition) is 4. The monoisotopic (exact) mass is 387 g/mol. The Morgan fingerprint density at radius 1 is 0.966 bits per heavy atom. The first-order chi connectivity index (χ1) is 14.2. The third kappa shape index (κ3) is 3.41. The fourth-order valence-corrected chi connectivity index (χ4v) is 3.71. The molecule has 0 spiro atoms. The zero-order valence-corrected chi connectivity index (χ0v) is 15.6. The maximum atomic E-state index is 13.1. The Morgan fingerprint density at radius 2 is 1.76 bits per heavy atom. The minimum absolute atomic E-state index is 0.254. The van der Waals surface area contributed by atoms with Crippen LogP contribution in [0.1, 0.15) is 11.1 Å². The van der Waals surface area contributed by atoms with Gasteiger partial charge in [0.25, 0.3) is 0 Å². The van der Waals surface area contributed by atoms with Gasteiger partial charge in [-0.3, -0.25) is 4.90 Å². The SMILES string of the molecule is O=c1oc2c3c(ccc2cc1-c1ccccc1)OCN(Cc1ccc(F)cc1)C3. The molecule has 1 aromatic heterocycles. The molecule has 0 fully saturated rings. The Balaban J connectivity index is 1.51. The van der Waals surface area contributed by atoms with Crippen molar-refractivity contribution in [3.63, 3.8) is 0 Å². The molecule has 0 bridgehead atoms. The van der Waals surface area contributed by atoms with Crippen molar-refractivity contribution in [3.8, 4) is 16.9 Å². The molecular weight excluding hydrogens is 369 g/mol. The Morgan fingerprint density at radius 3 is 2.55 bits per heavy atom. The van der Waals surface area contributed by atoms with E-state index in [1.54, 1.807) is 12.1 Å². The fraction of sp³-hybridized carbons (Fsp3) is 0.125. The van der Waals surface area contributed by atoms with Crippen LogP contribution in [0.15, 0.2) is 82.0 Å². The molecule has 1 aliphatic rings. The van der Waals surface area contributed by atoms with Gasteiger partial charge in [0.1, 0.15) is 23.9 Å². The first kappa shape index (κ1) is 17.6. The highest BCUT2D eigenvalue weighted by atomic mass is 19.1. The van der Waals surface area contributed by atoms with Crippen LogP contribution in [-0.2, 0) is 13.1 Å². The van der Waals surface area contributed by atoms with Gasteiger partial charge in [0, 0.05) is 18.5 Å². The highest BCUT2D eigenvalue weighted by Gasteiger charge is 2.22. The average Bonchev–Trinajstić information content (AvgIpc) is 2.75. The van der Waals surface area contributed by atoms with Gasteiger partial charge in [0.15, 0.2) is 0 Å². The van der Waals surface area contributed by atoms with Crippen molar-refractivity contribution in [2.75, 3.05) is 6.73 Å². The highest BCUT2D eigenvalue weighted by Crippen LogP contribution is 2.33. The smallest absolute Gasteiger partial charge is 0.344 e. The van der Waals surface area contributed by atoms with Gasteiger partial charge >= 0.3 is 5.63 Å². The number of ether oxygens (including phenoxy) is 1. The van der Waals surface area contributed by atoms with Crippen molar-refractivity contribution in [2.45, 2.75) is 13.1 Å². The molecule has 0 aliphatic carbocycles. The summed E-state index contributed by atoms with van der Waals surface area (Å²) in [6, 6.07) is 21.6. The van der Waals surface area contributed by atoms with Crippen LogP contribution in [-0.4, -0.2) is 11.6 Å². The highest BCUT2D eigenvalue weighted by molar-refractivity contribution is 5.86. The van der Waals surface area contributed by atoms with E-state index < -0.39 is 0 Å². The maximum absolute atomic E-state index is 13.1. The summed E-state index contributed by atoms with van der Waals surface area (Å²) in [5.41, 5.74) is 3.40. The molecule has 4 aromatic rings. The lowest BCUT2D eigenvalue weighted by Gasteiger charge is -2.29. The molecule has 5 heteroatoms. The predicted molar refractivity (Wildman–Crippen MR) is 109 cm³/mol.